The molecule has 0 saturated carbocycles. The molecular formula is C10H12AcN2O7. The van der Waals surface area contributed by atoms with Gasteiger partial charge in [0.25, 0.3) is 0 Å². The monoisotopic (exact) mass is 499 g/mol. The van der Waals surface area contributed by atoms with Crippen molar-refractivity contribution in [1.82, 2.24) is 0 Å². The van der Waals surface area contributed by atoms with Gasteiger partial charge in [-0.1, -0.05) is 0 Å². The number of hydrogen-bond acceptors (Lipinski definition) is 7. The first-order valence-corrected chi connectivity index (χ1v) is 5.25. The molecule has 0 heterocycles. The number of nitro benzene ring substituents is 2. The second-order valence-electron chi connectivity index (χ2n) is 3.43. The molecule has 0 aliphatic rings. The first kappa shape index (κ1) is 19.0. The van der Waals surface area contributed by atoms with Gasteiger partial charge in [0, 0.05) is 57.1 Å². The molecule has 20 heavy (non-hydrogen) atoms. The van der Waals surface area contributed by atoms with Gasteiger partial charge in [-0.15, -0.1) is 0 Å². The summed E-state index contributed by atoms with van der Waals surface area (Å²) in [5.74, 6) is 0.0449. The van der Waals surface area contributed by atoms with Crippen LogP contribution in [0.25, 0.3) is 0 Å². The molecule has 0 aromatic heterocycles. The van der Waals surface area contributed by atoms with Crippen LogP contribution in [0.1, 0.15) is 6.42 Å². The van der Waals surface area contributed by atoms with E-state index in [1.807, 2.05) is 0 Å². The molecule has 1 radical (unpaired) electrons. The van der Waals surface area contributed by atoms with Crippen LogP contribution < -0.4 is 9.47 Å². The fraction of sp³-hybridized carbons (Fsp3) is 0.400. The Bertz CT molecular complexity index is 495. The minimum atomic E-state index is -0.865. The van der Waals surface area contributed by atoms with Crippen molar-refractivity contribution in [3.8, 4) is 11.5 Å². The van der Waals surface area contributed by atoms with E-state index in [0.717, 1.165) is 12.1 Å². The molecule has 1 aromatic carbocycles. The number of methoxy groups -OCH3 is 1. The Morgan fingerprint density at radius 3 is 2.05 bits per heavy atom. The maximum absolute atomic E-state index is 10.8. The van der Waals surface area contributed by atoms with Crippen molar-refractivity contribution in [2.24, 2.45) is 0 Å². The van der Waals surface area contributed by atoms with E-state index in [2.05, 4.69) is 0 Å². The Hall–Kier alpha value is -0.978. The number of aliphatic hydroxyl groups is 1. The van der Waals surface area contributed by atoms with Gasteiger partial charge in [-0.05, 0) is 0 Å². The SMILES string of the molecule is COc1cc([N+](=O)[O-])c([N+](=O)[O-])cc1OCCCO.[Ac]. The molecule has 1 aromatic rings. The summed E-state index contributed by atoms with van der Waals surface area (Å²) in [5, 5.41) is 30.1. The Balaban J connectivity index is 0.00000361. The molecule has 10 heteroatoms. The van der Waals surface area contributed by atoms with Gasteiger partial charge in [-0.3, -0.25) is 20.2 Å². The van der Waals surface area contributed by atoms with E-state index in [9.17, 15) is 20.2 Å². The van der Waals surface area contributed by atoms with Crippen LogP contribution in [0.5, 0.6) is 11.5 Å². The van der Waals surface area contributed by atoms with Crippen molar-refractivity contribution >= 4 is 11.4 Å². The molecule has 9 nitrogen and oxygen atoms in total. The van der Waals surface area contributed by atoms with Crippen LogP contribution in [0.3, 0.4) is 0 Å². The average molecular weight is 499 g/mol. The van der Waals surface area contributed by atoms with E-state index in [0.29, 0.717) is 6.42 Å². The van der Waals surface area contributed by atoms with Gasteiger partial charge < -0.3 is 14.6 Å². The van der Waals surface area contributed by atoms with Crippen molar-refractivity contribution in [2.75, 3.05) is 20.3 Å². The Morgan fingerprint density at radius 1 is 1.15 bits per heavy atom. The summed E-state index contributed by atoms with van der Waals surface area (Å²) in [7, 11) is 1.27. The zero-order valence-electron chi connectivity index (χ0n) is 10.6. The third-order valence-corrected chi connectivity index (χ3v) is 2.21. The molecule has 0 spiro atoms. The number of ether oxygens (including phenoxy) is 2. The standard InChI is InChI=1S/C10H12N2O7.Ac/c1-18-9-5-7(11(14)15)8(12(16)17)6-10(9)19-4-2-3-13;/h5-6,13H,2-4H2,1H3;. The molecule has 0 bridgehead atoms. The zero-order valence-corrected chi connectivity index (χ0v) is 15.4. The molecule has 107 valence electrons. The summed E-state index contributed by atoms with van der Waals surface area (Å²) in [6, 6.07) is 1.88. The van der Waals surface area contributed by atoms with Crippen molar-refractivity contribution in [2.45, 2.75) is 6.42 Å². The van der Waals surface area contributed by atoms with Crippen LogP contribution in [-0.4, -0.2) is 35.3 Å². The number of nitro groups is 2. The summed E-state index contributed by atoms with van der Waals surface area (Å²) in [5.41, 5.74) is -1.35. The van der Waals surface area contributed by atoms with Gasteiger partial charge in [-0.25, -0.2) is 0 Å². The minimum Gasteiger partial charge on any atom is -0.493 e. The van der Waals surface area contributed by atoms with Gasteiger partial charge in [0.05, 0.1) is 35.7 Å². The molecule has 1 N–H and O–H groups in total. The van der Waals surface area contributed by atoms with Crippen LogP contribution in [0, 0.1) is 64.3 Å². The van der Waals surface area contributed by atoms with Gasteiger partial charge >= 0.3 is 11.4 Å². The zero-order chi connectivity index (χ0) is 14.4. The van der Waals surface area contributed by atoms with Crippen molar-refractivity contribution in [3.63, 3.8) is 0 Å². The maximum atomic E-state index is 10.8. The van der Waals surface area contributed by atoms with E-state index < -0.39 is 21.2 Å². The second-order valence-corrected chi connectivity index (χ2v) is 3.43. The predicted octanol–water partition coefficient (Wildman–Crippen LogP) is 1.27. The molecule has 0 unspecified atom stereocenters. The largest absolute Gasteiger partial charge is 0.493 e. The van der Waals surface area contributed by atoms with Crippen LogP contribution in [0.4, 0.5) is 11.4 Å². The van der Waals surface area contributed by atoms with E-state index in [4.69, 9.17) is 14.6 Å². The van der Waals surface area contributed by atoms with Crippen LogP contribution in [-0.2, 0) is 0 Å². The van der Waals surface area contributed by atoms with Gasteiger partial charge in [0.2, 0.25) is 0 Å². The Labute approximate surface area is 149 Å². The summed E-state index contributed by atoms with van der Waals surface area (Å²) in [4.78, 5) is 19.8. The number of hydrogen-bond donors (Lipinski definition) is 1. The van der Waals surface area contributed by atoms with Crippen molar-refractivity contribution in [3.05, 3.63) is 32.4 Å². The minimum absolute atomic E-state index is 0. The molecule has 1 rings (SSSR count). The van der Waals surface area contributed by atoms with Crippen LogP contribution in [0.15, 0.2) is 12.1 Å². The fourth-order valence-corrected chi connectivity index (χ4v) is 1.35. The summed E-state index contributed by atoms with van der Waals surface area (Å²) >= 11 is 0. The Kier molecular flexibility index (Phi) is 8.61. The van der Waals surface area contributed by atoms with Gasteiger partial charge in [0.15, 0.2) is 11.5 Å². The number of benzene rings is 1. The van der Waals surface area contributed by atoms with E-state index in [1.54, 1.807) is 0 Å². The quantitative estimate of drug-likeness (QED) is 0.341. The third-order valence-electron chi connectivity index (χ3n) is 2.21. The number of nitrogens with zero attached hydrogens (tertiary/aromatic N) is 2. The first-order chi connectivity index (χ1) is 9.01. The predicted molar refractivity (Wildman–Crippen MR) is 63.5 cm³/mol. The van der Waals surface area contributed by atoms with Crippen LogP contribution >= 0.6 is 0 Å². The summed E-state index contributed by atoms with van der Waals surface area (Å²) in [6.07, 6.45) is 0.327. The molecule has 0 aliphatic heterocycles. The molecule has 0 saturated heterocycles. The van der Waals surface area contributed by atoms with Gasteiger partial charge in [-0.2, -0.15) is 0 Å². The van der Waals surface area contributed by atoms with Crippen molar-refractivity contribution in [1.29, 1.82) is 0 Å². The van der Waals surface area contributed by atoms with Crippen molar-refractivity contribution < 1.29 is 68.5 Å². The van der Waals surface area contributed by atoms with E-state index in [1.165, 1.54) is 7.11 Å². The Morgan fingerprint density at radius 2 is 1.65 bits per heavy atom. The van der Waals surface area contributed by atoms with E-state index in [-0.39, 0.29) is 68.8 Å². The first-order valence-electron chi connectivity index (χ1n) is 5.25. The normalized spacial score (nSPS) is 9.50. The molecule has 0 aliphatic carbocycles. The molecular weight excluding hydrogens is 487 g/mol. The maximum Gasteiger partial charge on any atom is 0.350 e. The fourth-order valence-electron chi connectivity index (χ4n) is 1.35. The molecule has 0 amide bonds. The van der Waals surface area contributed by atoms with Gasteiger partial charge in [0.1, 0.15) is 0 Å². The average Bonchev–Trinajstić information content (AvgIpc) is 2.38. The van der Waals surface area contributed by atoms with Crippen LogP contribution in [0.2, 0.25) is 0 Å². The summed E-state index contributed by atoms with van der Waals surface area (Å²) in [6.45, 7) is 0.0131. The number of aliphatic hydroxyl groups excluding tert-OH is 1. The number of rotatable bonds is 7. The smallest absolute Gasteiger partial charge is 0.350 e. The van der Waals surface area contributed by atoms with E-state index >= 15 is 0 Å². The second kappa shape index (κ2) is 9.05. The third kappa shape index (κ3) is 4.85. The molecule has 0 atom stereocenters. The topological polar surface area (TPSA) is 125 Å². The summed E-state index contributed by atoms with van der Waals surface area (Å²) < 4.78 is 10.1. The molecule has 0 fully saturated rings.